The monoisotopic (exact) mass is 397 g/mol. The maximum absolute atomic E-state index is 6.11. The molecule has 156 valence electrons. The first-order valence-corrected chi connectivity index (χ1v) is 10.7. The number of hydrogen-bond donors (Lipinski definition) is 1. The first kappa shape index (κ1) is 20.0. The number of ether oxygens (including phenoxy) is 2. The van der Waals surface area contributed by atoms with Gasteiger partial charge in [-0.2, -0.15) is 0 Å². The standard InChI is InChI=1S/C22H31N5O2/c1-17-2-4-20(5-3-17)29-21-12-18(6-7-24-21)13-23-14-19-15-25-22(26-16-19)27-8-10-28-11-9-27/h6-7,12,15-17,20,23H,2-5,8-11,13-14H2,1H3. The Balaban J connectivity index is 1.24. The molecule has 0 unspecified atom stereocenters. The van der Waals surface area contributed by atoms with E-state index in [0.717, 1.165) is 75.5 Å². The van der Waals surface area contributed by atoms with Crippen LogP contribution < -0.4 is 15.0 Å². The molecule has 0 radical (unpaired) electrons. The summed E-state index contributed by atoms with van der Waals surface area (Å²) in [7, 11) is 0. The predicted octanol–water partition coefficient (Wildman–Crippen LogP) is 2.96. The summed E-state index contributed by atoms with van der Waals surface area (Å²) in [6.07, 6.45) is 10.7. The average molecular weight is 398 g/mol. The fourth-order valence-corrected chi connectivity index (χ4v) is 3.86. The van der Waals surface area contributed by atoms with Crippen molar-refractivity contribution in [3.05, 3.63) is 41.9 Å². The Morgan fingerprint density at radius 1 is 1.03 bits per heavy atom. The van der Waals surface area contributed by atoms with Crippen LogP contribution in [0, 0.1) is 5.92 Å². The van der Waals surface area contributed by atoms with Gasteiger partial charge in [-0.1, -0.05) is 6.92 Å². The highest BCUT2D eigenvalue weighted by molar-refractivity contribution is 5.30. The van der Waals surface area contributed by atoms with Crippen LogP contribution in [0.3, 0.4) is 0 Å². The summed E-state index contributed by atoms with van der Waals surface area (Å²) >= 11 is 0. The number of hydrogen-bond acceptors (Lipinski definition) is 7. The smallest absolute Gasteiger partial charge is 0.225 e. The third-order valence-corrected chi connectivity index (χ3v) is 5.69. The van der Waals surface area contributed by atoms with Crippen LogP contribution in [0.25, 0.3) is 0 Å². The Kier molecular flexibility index (Phi) is 6.90. The summed E-state index contributed by atoms with van der Waals surface area (Å²) in [5.41, 5.74) is 2.24. The van der Waals surface area contributed by atoms with Gasteiger partial charge in [0, 0.05) is 56.4 Å². The minimum absolute atomic E-state index is 0.309. The van der Waals surface area contributed by atoms with Crippen LogP contribution in [-0.2, 0) is 17.8 Å². The molecular formula is C22H31N5O2. The molecule has 4 rings (SSSR count). The molecule has 2 fully saturated rings. The number of morpholine rings is 1. The van der Waals surface area contributed by atoms with E-state index in [9.17, 15) is 0 Å². The molecule has 3 heterocycles. The number of anilines is 1. The van der Waals surface area contributed by atoms with E-state index >= 15 is 0 Å². The van der Waals surface area contributed by atoms with Crippen LogP contribution in [0.2, 0.25) is 0 Å². The second-order valence-corrected chi connectivity index (χ2v) is 8.10. The maximum atomic E-state index is 6.11. The van der Waals surface area contributed by atoms with Gasteiger partial charge in [0.25, 0.3) is 0 Å². The van der Waals surface area contributed by atoms with Crippen LogP contribution in [0.1, 0.15) is 43.7 Å². The first-order chi connectivity index (χ1) is 14.3. The van der Waals surface area contributed by atoms with Crippen LogP contribution in [-0.4, -0.2) is 47.4 Å². The molecule has 0 spiro atoms. The zero-order valence-corrected chi connectivity index (χ0v) is 17.2. The number of aromatic nitrogens is 3. The molecule has 1 saturated carbocycles. The Bertz CT molecular complexity index is 756. The SMILES string of the molecule is CC1CCC(Oc2cc(CNCc3cnc(N4CCOCC4)nc3)ccn2)CC1. The third kappa shape index (κ3) is 5.87. The molecule has 1 aliphatic carbocycles. The van der Waals surface area contributed by atoms with E-state index in [1.807, 2.05) is 30.7 Å². The number of pyridine rings is 1. The van der Waals surface area contributed by atoms with Crippen molar-refractivity contribution in [3.8, 4) is 5.88 Å². The van der Waals surface area contributed by atoms with Gasteiger partial charge in [0.15, 0.2) is 0 Å². The van der Waals surface area contributed by atoms with Crippen molar-refractivity contribution in [1.29, 1.82) is 0 Å². The summed E-state index contributed by atoms with van der Waals surface area (Å²) in [6, 6.07) is 4.07. The molecule has 1 aliphatic heterocycles. The Hall–Kier alpha value is -2.25. The van der Waals surface area contributed by atoms with Gasteiger partial charge >= 0.3 is 0 Å². The Morgan fingerprint density at radius 2 is 1.76 bits per heavy atom. The molecule has 1 saturated heterocycles. The first-order valence-electron chi connectivity index (χ1n) is 10.7. The van der Waals surface area contributed by atoms with Gasteiger partial charge in [-0.3, -0.25) is 0 Å². The van der Waals surface area contributed by atoms with Gasteiger partial charge in [-0.25, -0.2) is 15.0 Å². The average Bonchev–Trinajstić information content (AvgIpc) is 2.77. The lowest BCUT2D eigenvalue weighted by Gasteiger charge is -2.26. The summed E-state index contributed by atoms with van der Waals surface area (Å²) in [5, 5.41) is 3.46. The van der Waals surface area contributed by atoms with Gasteiger partial charge in [-0.05, 0) is 43.2 Å². The maximum Gasteiger partial charge on any atom is 0.225 e. The van der Waals surface area contributed by atoms with E-state index in [1.54, 1.807) is 0 Å². The zero-order chi connectivity index (χ0) is 19.9. The summed E-state index contributed by atoms with van der Waals surface area (Å²) in [6.45, 7) is 6.98. The molecule has 2 aromatic rings. The molecule has 7 heteroatoms. The largest absolute Gasteiger partial charge is 0.474 e. The van der Waals surface area contributed by atoms with Crippen molar-refractivity contribution in [2.45, 2.75) is 51.8 Å². The van der Waals surface area contributed by atoms with Gasteiger partial charge in [0.2, 0.25) is 11.8 Å². The molecule has 29 heavy (non-hydrogen) atoms. The highest BCUT2D eigenvalue weighted by Crippen LogP contribution is 2.26. The van der Waals surface area contributed by atoms with Crippen molar-refractivity contribution in [3.63, 3.8) is 0 Å². The van der Waals surface area contributed by atoms with Crippen molar-refractivity contribution in [2.75, 3.05) is 31.2 Å². The van der Waals surface area contributed by atoms with Gasteiger partial charge in [-0.15, -0.1) is 0 Å². The molecule has 1 N–H and O–H groups in total. The molecule has 0 aromatic carbocycles. The predicted molar refractivity (Wildman–Crippen MR) is 112 cm³/mol. The number of rotatable bonds is 7. The van der Waals surface area contributed by atoms with Crippen molar-refractivity contribution in [1.82, 2.24) is 20.3 Å². The lowest BCUT2D eigenvalue weighted by molar-refractivity contribution is 0.122. The quantitative estimate of drug-likeness (QED) is 0.770. The van der Waals surface area contributed by atoms with E-state index in [2.05, 4.69) is 32.1 Å². The van der Waals surface area contributed by atoms with Crippen molar-refractivity contribution < 1.29 is 9.47 Å². The van der Waals surface area contributed by atoms with Gasteiger partial charge in [0.1, 0.15) is 6.10 Å². The van der Waals surface area contributed by atoms with Crippen molar-refractivity contribution in [2.24, 2.45) is 5.92 Å². The second-order valence-electron chi connectivity index (χ2n) is 8.10. The van der Waals surface area contributed by atoms with E-state index in [-0.39, 0.29) is 0 Å². The number of nitrogens with one attached hydrogen (secondary N) is 1. The molecule has 0 amide bonds. The lowest BCUT2D eigenvalue weighted by Crippen LogP contribution is -2.37. The molecule has 0 atom stereocenters. The minimum atomic E-state index is 0.309. The van der Waals surface area contributed by atoms with Crippen LogP contribution >= 0.6 is 0 Å². The Morgan fingerprint density at radius 3 is 2.52 bits per heavy atom. The molecule has 2 aliphatic rings. The van der Waals surface area contributed by atoms with E-state index in [1.165, 1.54) is 18.4 Å². The summed E-state index contributed by atoms with van der Waals surface area (Å²) in [5.74, 6) is 2.34. The Labute approximate surface area is 172 Å². The van der Waals surface area contributed by atoms with Crippen LogP contribution in [0.5, 0.6) is 5.88 Å². The van der Waals surface area contributed by atoms with Crippen molar-refractivity contribution >= 4 is 5.95 Å². The highest BCUT2D eigenvalue weighted by Gasteiger charge is 2.20. The van der Waals surface area contributed by atoms with E-state index < -0.39 is 0 Å². The molecule has 0 bridgehead atoms. The summed E-state index contributed by atoms with van der Waals surface area (Å²) < 4.78 is 11.5. The zero-order valence-electron chi connectivity index (χ0n) is 17.2. The van der Waals surface area contributed by atoms with E-state index in [4.69, 9.17) is 9.47 Å². The van der Waals surface area contributed by atoms with E-state index in [0.29, 0.717) is 6.10 Å². The third-order valence-electron chi connectivity index (χ3n) is 5.69. The highest BCUT2D eigenvalue weighted by atomic mass is 16.5. The van der Waals surface area contributed by atoms with Crippen LogP contribution in [0.15, 0.2) is 30.7 Å². The minimum Gasteiger partial charge on any atom is -0.474 e. The van der Waals surface area contributed by atoms with Gasteiger partial charge in [0.05, 0.1) is 13.2 Å². The molecule has 2 aromatic heterocycles. The lowest BCUT2D eigenvalue weighted by atomic mass is 9.89. The normalized spacial score (nSPS) is 22.4. The topological polar surface area (TPSA) is 72.4 Å². The fraction of sp³-hybridized carbons (Fsp3) is 0.591. The summed E-state index contributed by atoms with van der Waals surface area (Å²) in [4.78, 5) is 15.6. The fourth-order valence-electron chi connectivity index (χ4n) is 3.86. The van der Waals surface area contributed by atoms with Crippen LogP contribution in [0.4, 0.5) is 5.95 Å². The molecular weight excluding hydrogens is 366 g/mol. The second kappa shape index (κ2) is 9.98. The van der Waals surface area contributed by atoms with Gasteiger partial charge < -0.3 is 19.7 Å². The number of nitrogens with zero attached hydrogens (tertiary/aromatic N) is 4. The molecule has 7 nitrogen and oxygen atoms in total.